The molecule has 2 atom stereocenters. The van der Waals surface area contributed by atoms with Crippen molar-refractivity contribution in [3.8, 4) is 0 Å². The predicted molar refractivity (Wildman–Crippen MR) is 54.9 cm³/mol. The first-order valence-corrected chi connectivity index (χ1v) is 7.11. The van der Waals surface area contributed by atoms with Gasteiger partial charge in [0, 0.05) is 6.26 Å². The molecule has 1 N–H and O–H groups in total. The van der Waals surface area contributed by atoms with Gasteiger partial charge in [0.1, 0.15) is 5.54 Å². The smallest absolute Gasteiger partial charge is 0.303 e. The highest BCUT2D eigenvalue weighted by molar-refractivity contribution is 7.91. The monoisotopic (exact) mass is 259 g/mol. The number of nitrogens with one attached hydrogen (secondary N) is 1. The first-order chi connectivity index (χ1) is 7.15. The molecule has 96 valence electrons. The Morgan fingerprint density at radius 2 is 2.00 bits per heavy atom. The van der Waals surface area contributed by atoms with Gasteiger partial charge in [0.05, 0.1) is 5.25 Å². The van der Waals surface area contributed by atoms with Crippen LogP contribution in [0.15, 0.2) is 0 Å². The lowest BCUT2D eigenvalue weighted by Crippen LogP contribution is -2.63. The van der Waals surface area contributed by atoms with Crippen LogP contribution in [0.2, 0.25) is 0 Å². The molecule has 0 aromatic heterocycles. The van der Waals surface area contributed by atoms with Gasteiger partial charge in [-0.3, -0.25) is 0 Å². The van der Waals surface area contributed by atoms with E-state index in [-0.39, 0.29) is 25.8 Å². The Morgan fingerprint density at radius 1 is 1.44 bits per heavy atom. The zero-order valence-electron chi connectivity index (χ0n) is 9.26. The average Bonchev–Trinajstić information content (AvgIpc) is 2.47. The molecule has 2 unspecified atom stereocenters. The molecular formula is C9H16F3NO2S. The molecule has 0 radical (unpaired) electrons. The lowest BCUT2D eigenvalue weighted by molar-refractivity contribution is -0.193. The largest absolute Gasteiger partial charge is 0.407 e. The maximum atomic E-state index is 13.1. The normalized spacial score (nSPS) is 31.9. The van der Waals surface area contributed by atoms with E-state index in [0.29, 0.717) is 0 Å². The van der Waals surface area contributed by atoms with E-state index >= 15 is 0 Å². The molecule has 1 aliphatic rings. The molecular weight excluding hydrogens is 243 g/mol. The molecule has 1 aliphatic carbocycles. The zero-order valence-corrected chi connectivity index (χ0v) is 10.1. The van der Waals surface area contributed by atoms with Crippen LogP contribution in [-0.2, 0) is 9.84 Å². The van der Waals surface area contributed by atoms with Gasteiger partial charge in [-0.15, -0.1) is 0 Å². The maximum absolute atomic E-state index is 13.1. The molecule has 7 heteroatoms. The third-order valence-electron chi connectivity index (χ3n) is 3.10. The minimum atomic E-state index is -4.53. The Bertz CT molecular complexity index is 352. The number of sulfone groups is 1. The van der Waals surface area contributed by atoms with Crippen LogP contribution in [0.5, 0.6) is 0 Å². The van der Waals surface area contributed by atoms with Gasteiger partial charge in [-0.25, -0.2) is 8.42 Å². The average molecular weight is 259 g/mol. The summed E-state index contributed by atoms with van der Waals surface area (Å²) in [5, 5.41) is 0.989. The molecule has 1 fully saturated rings. The quantitative estimate of drug-likeness (QED) is 0.835. The van der Waals surface area contributed by atoms with E-state index in [9.17, 15) is 21.6 Å². The van der Waals surface area contributed by atoms with Crippen molar-refractivity contribution in [3.63, 3.8) is 0 Å². The summed E-state index contributed by atoms with van der Waals surface area (Å²) in [5.74, 6) is 0. The highest BCUT2D eigenvalue weighted by atomic mass is 32.2. The number of hydrogen-bond donors (Lipinski definition) is 1. The summed E-state index contributed by atoms with van der Waals surface area (Å²) in [7, 11) is -3.70. The summed E-state index contributed by atoms with van der Waals surface area (Å²) in [6.45, 7) is 1.65. The van der Waals surface area contributed by atoms with Crippen LogP contribution in [0.25, 0.3) is 0 Å². The fraction of sp³-hybridized carbons (Fsp3) is 1.00. The van der Waals surface area contributed by atoms with Crippen LogP contribution in [-0.4, -0.2) is 38.2 Å². The van der Waals surface area contributed by atoms with Crippen LogP contribution in [0.3, 0.4) is 0 Å². The minimum absolute atomic E-state index is 0.0747. The van der Waals surface area contributed by atoms with Crippen LogP contribution >= 0.6 is 0 Å². The number of halogens is 3. The molecule has 1 saturated carbocycles. The number of hydrogen-bond acceptors (Lipinski definition) is 3. The lowest BCUT2D eigenvalue weighted by atomic mass is 9.96. The highest BCUT2D eigenvalue weighted by Crippen LogP contribution is 2.45. The van der Waals surface area contributed by atoms with Crippen molar-refractivity contribution in [2.45, 2.75) is 43.2 Å². The van der Waals surface area contributed by atoms with Gasteiger partial charge in [0.2, 0.25) is 0 Å². The first kappa shape index (κ1) is 13.8. The Hall–Kier alpha value is -0.300. The van der Waals surface area contributed by atoms with E-state index in [4.69, 9.17) is 0 Å². The van der Waals surface area contributed by atoms with Crippen molar-refractivity contribution in [3.05, 3.63) is 0 Å². The van der Waals surface area contributed by atoms with Gasteiger partial charge in [0.25, 0.3) is 0 Å². The van der Waals surface area contributed by atoms with E-state index in [2.05, 4.69) is 5.32 Å². The minimum Gasteiger partial charge on any atom is -0.303 e. The highest BCUT2D eigenvalue weighted by Gasteiger charge is 2.63. The second-order valence-electron chi connectivity index (χ2n) is 4.21. The van der Waals surface area contributed by atoms with Crippen molar-refractivity contribution in [1.29, 1.82) is 0 Å². The van der Waals surface area contributed by atoms with Crippen molar-refractivity contribution in [2.24, 2.45) is 0 Å². The van der Waals surface area contributed by atoms with Gasteiger partial charge < -0.3 is 5.32 Å². The summed E-state index contributed by atoms with van der Waals surface area (Å²) >= 11 is 0. The molecule has 0 aliphatic heterocycles. The second kappa shape index (κ2) is 4.18. The summed E-state index contributed by atoms with van der Waals surface area (Å²) < 4.78 is 62.0. The van der Waals surface area contributed by atoms with E-state index < -0.39 is 26.8 Å². The number of alkyl halides is 3. The van der Waals surface area contributed by atoms with E-state index in [1.165, 1.54) is 0 Å². The zero-order chi connectivity index (χ0) is 12.6. The molecule has 0 amide bonds. The first-order valence-electron chi connectivity index (χ1n) is 5.16. The summed E-state index contributed by atoms with van der Waals surface area (Å²) in [6.07, 6.45) is -3.47. The molecule has 1 rings (SSSR count). The van der Waals surface area contributed by atoms with E-state index in [1.54, 1.807) is 6.92 Å². The third-order valence-corrected chi connectivity index (χ3v) is 4.77. The molecule has 3 nitrogen and oxygen atoms in total. The maximum Gasteiger partial charge on any atom is 0.407 e. The predicted octanol–water partition coefficient (Wildman–Crippen LogP) is 1.49. The van der Waals surface area contributed by atoms with Gasteiger partial charge in [-0.1, -0.05) is 6.92 Å². The standard InChI is InChI=1S/C9H16F3NO2S/c1-3-13-8(9(10,11)12)6-4-5-7(8)16(2,14)15/h7,13H,3-6H2,1-2H3. The Morgan fingerprint density at radius 3 is 2.38 bits per heavy atom. The fourth-order valence-corrected chi connectivity index (χ4v) is 4.16. The van der Waals surface area contributed by atoms with Crippen molar-refractivity contribution < 1.29 is 21.6 Å². The molecule has 0 saturated heterocycles. The van der Waals surface area contributed by atoms with Crippen LogP contribution < -0.4 is 5.32 Å². The van der Waals surface area contributed by atoms with E-state index in [1.807, 2.05) is 0 Å². The fourth-order valence-electron chi connectivity index (χ4n) is 2.50. The third kappa shape index (κ3) is 2.20. The summed E-state index contributed by atoms with van der Waals surface area (Å²) in [6, 6.07) is 0. The molecule has 0 heterocycles. The molecule has 0 aromatic carbocycles. The SMILES string of the molecule is CCNC1(C(F)(F)F)CCCC1S(C)(=O)=O. The Balaban J connectivity index is 3.19. The molecule has 0 spiro atoms. The number of rotatable bonds is 3. The van der Waals surface area contributed by atoms with Gasteiger partial charge in [-0.05, 0) is 25.8 Å². The van der Waals surface area contributed by atoms with E-state index in [0.717, 1.165) is 6.26 Å². The molecule has 0 bridgehead atoms. The summed E-state index contributed by atoms with van der Waals surface area (Å²) in [5.41, 5.74) is -2.25. The summed E-state index contributed by atoms with van der Waals surface area (Å²) in [4.78, 5) is 0. The Labute approximate surface area is 93.3 Å². The van der Waals surface area contributed by atoms with Crippen LogP contribution in [0.1, 0.15) is 26.2 Å². The molecule has 16 heavy (non-hydrogen) atoms. The molecule has 0 aromatic rings. The lowest BCUT2D eigenvalue weighted by Gasteiger charge is -2.37. The second-order valence-corrected chi connectivity index (χ2v) is 6.44. The van der Waals surface area contributed by atoms with Gasteiger partial charge >= 0.3 is 6.18 Å². The van der Waals surface area contributed by atoms with Crippen molar-refractivity contribution in [1.82, 2.24) is 5.32 Å². The van der Waals surface area contributed by atoms with Crippen LogP contribution in [0, 0.1) is 0 Å². The topological polar surface area (TPSA) is 46.2 Å². The van der Waals surface area contributed by atoms with Crippen LogP contribution in [0.4, 0.5) is 13.2 Å². The van der Waals surface area contributed by atoms with Gasteiger partial charge in [-0.2, -0.15) is 13.2 Å². The van der Waals surface area contributed by atoms with Crippen molar-refractivity contribution in [2.75, 3.05) is 12.8 Å². The Kier molecular flexibility index (Phi) is 3.59. The van der Waals surface area contributed by atoms with Crippen molar-refractivity contribution >= 4 is 9.84 Å². The van der Waals surface area contributed by atoms with Gasteiger partial charge in [0.15, 0.2) is 9.84 Å².